The Bertz CT molecular complexity index is 634. The summed E-state index contributed by atoms with van der Waals surface area (Å²) in [5.41, 5.74) is 2.09. The lowest BCUT2D eigenvalue weighted by molar-refractivity contribution is 0.354. The minimum absolute atomic E-state index is 0.221. The predicted octanol–water partition coefficient (Wildman–Crippen LogP) is 5.13. The Morgan fingerprint density at radius 3 is 2.00 bits per heavy atom. The Hall–Kier alpha value is -1.45. The molecule has 0 atom stereocenters. The number of hydrogen-bond donors (Lipinski definition) is 0. The van der Waals surface area contributed by atoms with Crippen molar-refractivity contribution in [2.24, 2.45) is 0 Å². The molecule has 0 bridgehead atoms. The number of methoxy groups -OCH3 is 2. The van der Waals surface area contributed by atoms with Crippen LogP contribution < -0.4 is 9.47 Å². The lowest BCUT2D eigenvalue weighted by atomic mass is 10.0. The van der Waals surface area contributed by atoms with E-state index >= 15 is 0 Å². The maximum atomic E-state index is 13.3. The van der Waals surface area contributed by atoms with Crippen LogP contribution in [0.5, 0.6) is 11.5 Å². The van der Waals surface area contributed by atoms with Gasteiger partial charge < -0.3 is 9.47 Å². The highest BCUT2D eigenvalue weighted by Gasteiger charge is 2.19. The fraction of sp³-hybridized carbons (Fsp3) is 0.200. The summed E-state index contributed by atoms with van der Waals surface area (Å²) in [6.07, 6.45) is 0. The molecule has 2 rings (SSSR count). The minimum atomic E-state index is -0.484. The summed E-state index contributed by atoms with van der Waals surface area (Å²) in [6, 6.07) is 6.12. The summed E-state index contributed by atoms with van der Waals surface area (Å²) in [7, 11) is 3.09. The van der Waals surface area contributed by atoms with Crippen molar-refractivity contribution in [1.29, 1.82) is 0 Å². The Kier molecular flexibility index (Phi) is 4.41. The number of aryl methyl sites for hydroxylation is 1. The third-order valence-electron chi connectivity index (χ3n) is 2.99. The van der Waals surface area contributed by atoms with Gasteiger partial charge in [-0.2, -0.15) is 0 Å². The third-order valence-corrected chi connectivity index (χ3v) is 3.59. The maximum Gasteiger partial charge on any atom is 0.168 e. The van der Waals surface area contributed by atoms with Gasteiger partial charge in [0.15, 0.2) is 11.5 Å². The van der Waals surface area contributed by atoms with Crippen LogP contribution in [0, 0.1) is 12.7 Å². The van der Waals surface area contributed by atoms with Crippen LogP contribution >= 0.6 is 23.2 Å². The van der Waals surface area contributed by atoms with Crippen LogP contribution in [0.4, 0.5) is 4.39 Å². The molecule has 20 heavy (non-hydrogen) atoms. The summed E-state index contributed by atoms with van der Waals surface area (Å²) in [6.45, 7) is 1.90. The lowest BCUT2D eigenvalue weighted by Crippen LogP contribution is -1.96. The summed E-state index contributed by atoms with van der Waals surface area (Å²) in [5.74, 6) is 0.631. The number of rotatable bonds is 3. The molecule has 0 unspecified atom stereocenters. The van der Waals surface area contributed by atoms with E-state index < -0.39 is 5.82 Å². The van der Waals surface area contributed by atoms with Crippen molar-refractivity contribution in [3.05, 3.63) is 45.7 Å². The molecule has 0 heterocycles. The minimum Gasteiger partial charge on any atom is -0.493 e. The van der Waals surface area contributed by atoms with Crippen LogP contribution in [0.3, 0.4) is 0 Å². The zero-order chi connectivity index (χ0) is 14.9. The van der Waals surface area contributed by atoms with Crippen molar-refractivity contribution in [3.63, 3.8) is 0 Å². The van der Waals surface area contributed by atoms with Crippen LogP contribution in [-0.4, -0.2) is 14.2 Å². The molecule has 0 spiro atoms. The molecule has 2 aromatic rings. The van der Waals surface area contributed by atoms with Gasteiger partial charge in [-0.25, -0.2) is 4.39 Å². The van der Waals surface area contributed by atoms with E-state index in [-0.39, 0.29) is 10.0 Å². The number of halogens is 3. The van der Waals surface area contributed by atoms with Crippen molar-refractivity contribution in [2.75, 3.05) is 14.2 Å². The van der Waals surface area contributed by atoms with E-state index in [1.54, 1.807) is 7.11 Å². The highest BCUT2D eigenvalue weighted by molar-refractivity contribution is 6.39. The molecule has 2 aromatic carbocycles. The van der Waals surface area contributed by atoms with Crippen molar-refractivity contribution < 1.29 is 13.9 Å². The van der Waals surface area contributed by atoms with E-state index in [0.717, 1.165) is 5.56 Å². The van der Waals surface area contributed by atoms with Gasteiger partial charge in [0.05, 0.1) is 24.3 Å². The van der Waals surface area contributed by atoms with E-state index in [9.17, 15) is 4.39 Å². The van der Waals surface area contributed by atoms with Crippen LogP contribution in [0.15, 0.2) is 24.3 Å². The summed E-state index contributed by atoms with van der Waals surface area (Å²) < 4.78 is 24.0. The van der Waals surface area contributed by atoms with Gasteiger partial charge >= 0.3 is 0 Å². The van der Waals surface area contributed by atoms with Gasteiger partial charge in [0.2, 0.25) is 0 Å². The molecule has 0 saturated heterocycles. The van der Waals surface area contributed by atoms with E-state index in [1.807, 2.05) is 19.1 Å². The average Bonchev–Trinajstić information content (AvgIpc) is 2.38. The quantitative estimate of drug-likeness (QED) is 0.782. The van der Waals surface area contributed by atoms with Gasteiger partial charge in [0, 0.05) is 11.1 Å². The summed E-state index contributed by atoms with van der Waals surface area (Å²) >= 11 is 12.2. The highest BCUT2D eigenvalue weighted by Crippen LogP contribution is 2.45. The predicted molar refractivity (Wildman–Crippen MR) is 79.7 cm³/mol. The van der Waals surface area contributed by atoms with Crippen LogP contribution in [0.25, 0.3) is 11.1 Å². The van der Waals surface area contributed by atoms with Gasteiger partial charge in [0.25, 0.3) is 0 Å². The third kappa shape index (κ3) is 2.56. The molecule has 106 valence electrons. The molecule has 0 aromatic heterocycles. The van der Waals surface area contributed by atoms with Gasteiger partial charge in [-0.05, 0) is 24.6 Å². The van der Waals surface area contributed by atoms with Crippen LogP contribution in [0.1, 0.15) is 5.56 Å². The fourth-order valence-corrected chi connectivity index (χ4v) is 2.78. The number of benzene rings is 2. The van der Waals surface area contributed by atoms with Crippen molar-refractivity contribution in [3.8, 4) is 22.6 Å². The van der Waals surface area contributed by atoms with Gasteiger partial charge in [-0.3, -0.25) is 0 Å². The topological polar surface area (TPSA) is 18.5 Å². The molecular weight excluding hydrogens is 302 g/mol. The zero-order valence-corrected chi connectivity index (χ0v) is 12.8. The first kappa shape index (κ1) is 14.9. The molecule has 0 aliphatic heterocycles. The smallest absolute Gasteiger partial charge is 0.168 e. The van der Waals surface area contributed by atoms with Crippen molar-refractivity contribution in [1.82, 2.24) is 0 Å². The second kappa shape index (κ2) is 5.90. The fourth-order valence-electron chi connectivity index (χ4n) is 2.11. The molecule has 0 saturated carbocycles. The standard InChI is InChI=1S/C15H13Cl2FO2/c1-8-4-5-10(15(20-3)14(8)19-2)13-11(16)6-9(18)7-12(13)17/h4-7H,1-3H3. The molecule has 0 radical (unpaired) electrons. The largest absolute Gasteiger partial charge is 0.493 e. The second-order valence-corrected chi connectivity index (χ2v) is 5.06. The van der Waals surface area contributed by atoms with E-state index in [0.29, 0.717) is 22.6 Å². The van der Waals surface area contributed by atoms with Gasteiger partial charge in [-0.1, -0.05) is 35.3 Å². The molecule has 0 fully saturated rings. The Morgan fingerprint density at radius 1 is 0.950 bits per heavy atom. The normalized spacial score (nSPS) is 10.5. The molecule has 0 amide bonds. The van der Waals surface area contributed by atoms with Crippen LogP contribution in [0.2, 0.25) is 10.0 Å². The first-order chi connectivity index (χ1) is 9.49. The zero-order valence-electron chi connectivity index (χ0n) is 11.3. The molecule has 0 aliphatic rings. The van der Waals surface area contributed by atoms with Gasteiger partial charge in [-0.15, -0.1) is 0 Å². The van der Waals surface area contributed by atoms with Crippen molar-refractivity contribution >= 4 is 23.2 Å². The Labute approximate surface area is 127 Å². The number of hydrogen-bond acceptors (Lipinski definition) is 2. The van der Waals surface area contributed by atoms with Crippen LogP contribution in [-0.2, 0) is 0 Å². The van der Waals surface area contributed by atoms with E-state index in [4.69, 9.17) is 32.7 Å². The molecule has 0 N–H and O–H groups in total. The van der Waals surface area contributed by atoms with Gasteiger partial charge in [0.1, 0.15) is 5.82 Å². The molecule has 2 nitrogen and oxygen atoms in total. The monoisotopic (exact) mass is 314 g/mol. The molecule has 5 heteroatoms. The summed E-state index contributed by atoms with van der Waals surface area (Å²) in [4.78, 5) is 0. The second-order valence-electron chi connectivity index (χ2n) is 4.24. The SMILES string of the molecule is COc1c(C)ccc(-c2c(Cl)cc(F)cc2Cl)c1OC. The maximum absolute atomic E-state index is 13.3. The lowest BCUT2D eigenvalue weighted by Gasteiger charge is -2.16. The molecular formula is C15H13Cl2FO2. The molecule has 0 aliphatic carbocycles. The summed E-state index contributed by atoms with van der Waals surface area (Å²) in [5, 5.41) is 0.443. The van der Waals surface area contributed by atoms with Crippen molar-refractivity contribution in [2.45, 2.75) is 6.92 Å². The Balaban J connectivity index is 2.77. The number of ether oxygens (including phenoxy) is 2. The first-order valence-electron chi connectivity index (χ1n) is 5.86. The van der Waals surface area contributed by atoms with E-state index in [1.165, 1.54) is 19.2 Å². The van der Waals surface area contributed by atoms with E-state index in [2.05, 4.69) is 0 Å². The average molecular weight is 315 g/mol. The highest BCUT2D eigenvalue weighted by atomic mass is 35.5. The Morgan fingerprint density at radius 2 is 1.50 bits per heavy atom. The first-order valence-corrected chi connectivity index (χ1v) is 6.61.